The van der Waals surface area contributed by atoms with Crippen LogP contribution in [0.1, 0.15) is 22.3 Å². The summed E-state index contributed by atoms with van der Waals surface area (Å²) in [6.45, 7) is 1.97. The van der Waals surface area contributed by atoms with E-state index in [9.17, 15) is 4.79 Å². The quantitative estimate of drug-likeness (QED) is 0.709. The summed E-state index contributed by atoms with van der Waals surface area (Å²) in [7, 11) is 1.64. The molecule has 3 heteroatoms. The summed E-state index contributed by atoms with van der Waals surface area (Å²) in [5.41, 5.74) is 1.92. The third-order valence-electron chi connectivity index (χ3n) is 2.40. The molecule has 2 rings (SSSR count). The third kappa shape index (κ3) is 1.42. The highest BCUT2D eigenvalue weighted by atomic mass is 32.2. The highest BCUT2D eigenvalue weighted by molar-refractivity contribution is 7.99. The Morgan fingerprint density at radius 2 is 2.21 bits per heavy atom. The van der Waals surface area contributed by atoms with E-state index >= 15 is 0 Å². The first kappa shape index (κ1) is 9.59. The van der Waals surface area contributed by atoms with Crippen molar-refractivity contribution in [3.63, 3.8) is 0 Å². The Morgan fingerprint density at radius 3 is 2.93 bits per heavy atom. The Bertz CT molecular complexity index is 385. The van der Waals surface area contributed by atoms with Crippen molar-refractivity contribution in [3.8, 4) is 5.75 Å². The molecule has 0 amide bonds. The zero-order chi connectivity index (χ0) is 10.1. The molecule has 0 spiro atoms. The Kier molecular flexibility index (Phi) is 2.50. The molecule has 0 N–H and O–H groups in total. The van der Waals surface area contributed by atoms with Crippen LogP contribution in [0.3, 0.4) is 0 Å². The summed E-state index contributed by atoms with van der Waals surface area (Å²) in [6, 6.07) is 3.88. The fourth-order valence-electron chi connectivity index (χ4n) is 1.68. The minimum absolute atomic E-state index is 0.246. The lowest BCUT2D eigenvalue weighted by Gasteiger charge is -2.18. The number of Topliss-reactive ketones (excluding diaryl/α,β-unsaturated/α-hetero) is 1. The molecule has 0 radical (unpaired) electrons. The lowest BCUT2D eigenvalue weighted by Crippen LogP contribution is -2.11. The zero-order valence-corrected chi connectivity index (χ0v) is 9.11. The monoisotopic (exact) mass is 208 g/mol. The van der Waals surface area contributed by atoms with Crippen LogP contribution in [0.5, 0.6) is 5.75 Å². The van der Waals surface area contributed by atoms with E-state index in [2.05, 4.69) is 0 Å². The van der Waals surface area contributed by atoms with Gasteiger partial charge in [-0.15, -0.1) is 11.8 Å². The lowest BCUT2D eigenvalue weighted by molar-refractivity contribution is 0.0983. The van der Waals surface area contributed by atoms with E-state index < -0.39 is 0 Å². The van der Waals surface area contributed by atoms with Crippen molar-refractivity contribution in [2.75, 3.05) is 12.9 Å². The van der Waals surface area contributed by atoms with E-state index in [1.807, 2.05) is 19.1 Å². The predicted octanol–water partition coefficient (Wildman–Crippen LogP) is 2.68. The topological polar surface area (TPSA) is 26.3 Å². The number of aryl methyl sites for hydroxylation is 1. The number of methoxy groups -OCH3 is 1. The molecule has 0 aromatic heterocycles. The second-order valence-corrected chi connectivity index (χ2v) is 4.42. The number of carbonyl (C=O) groups is 1. The smallest absolute Gasteiger partial charge is 0.165 e. The molecule has 74 valence electrons. The van der Waals surface area contributed by atoms with Crippen LogP contribution >= 0.6 is 11.8 Å². The van der Waals surface area contributed by atoms with Crippen molar-refractivity contribution in [1.82, 2.24) is 0 Å². The molecule has 0 fully saturated rings. The molecule has 0 bridgehead atoms. The number of ketones is 1. The average Bonchev–Trinajstić information content (AvgIpc) is 2.18. The van der Waals surface area contributed by atoms with Gasteiger partial charge >= 0.3 is 0 Å². The largest absolute Gasteiger partial charge is 0.496 e. The van der Waals surface area contributed by atoms with Gasteiger partial charge in [0.15, 0.2) is 5.78 Å². The van der Waals surface area contributed by atoms with Gasteiger partial charge in [0.05, 0.1) is 12.0 Å². The molecule has 0 saturated heterocycles. The number of ether oxygens (including phenoxy) is 1. The summed E-state index contributed by atoms with van der Waals surface area (Å²) >= 11 is 1.71. The van der Waals surface area contributed by atoms with E-state index in [1.54, 1.807) is 18.9 Å². The molecule has 0 saturated carbocycles. The van der Waals surface area contributed by atoms with Crippen LogP contribution in [0.4, 0.5) is 0 Å². The molecule has 14 heavy (non-hydrogen) atoms. The van der Waals surface area contributed by atoms with Crippen LogP contribution in [0.2, 0.25) is 0 Å². The first-order chi connectivity index (χ1) is 6.74. The van der Waals surface area contributed by atoms with Crippen LogP contribution in [0.15, 0.2) is 17.0 Å². The highest BCUT2D eigenvalue weighted by Gasteiger charge is 2.22. The summed E-state index contributed by atoms with van der Waals surface area (Å²) in [5, 5.41) is 0. The van der Waals surface area contributed by atoms with Crippen molar-refractivity contribution in [2.45, 2.75) is 18.2 Å². The summed E-state index contributed by atoms with van der Waals surface area (Å²) in [5.74, 6) is 1.94. The maximum Gasteiger partial charge on any atom is 0.165 e. The van der Waals surface area contributed by atoms with Gasteiger partial charge in [0, 0.05) is 17.7 Å². The molecule has 1 aromatic rings. The molecular weight excluding hydrogens is 196 g/mol. The van der Waals surface area contributed by atoms with E-state index in [0.717, 1.165) is 27.5 Å². The second kappa shape index (κ2) is 3.65. The zero-order valence-electron chi connectivity index (χ0n) is 8.29. The number of thioether (sulfide) groups is 1. The Hall–Kier alpha value is -0.960. The van der Waals surface area contributed by atoms with Crippen LogP contribution in [-0.4, -0.2) is 18.6 Å². The fourth-order valence-corrected chi connectivity index (χ4v) is 2.89. The minimum Gasteiger partial charge on any atom is -0.496 e. The maximum absolute atomic E-state index is 11.7. The maximum atomic E-state index is 11.7. The number of fused-ring (bicyclic) bond motifs is 1. The molecule has 1 aliphatic heterocycles. The van der Waals surface area contributed by atoms with Crippen molar-refractivity contribution in [2.24, 2.45) is 0 Å². The van der Waals surface area contributed by atoms with Gasteiger partial charge in [-0.2, -0.15) is 0 Å². The summed E-state index contributed by atoms with van der Waals surface area (Å²) < 4.78 is 5.24. The molecule has 1 heterocycles. The minimum atomic E-state index is 0.246. The van der Waals surface area contributed by atoms with Crippen LogP contribution in [-0.2, 0) is 0 Å². The van der Waals surface area contributed by atoms with Gasteiger partial charge in [-0.1, -0.05) is 6.07 Å². The Labute approximate surface area is 87.6 Å². The summed E-state index contributed by atoms with van der Waals surface area (Å²) in [6.07, 6.45) is 0.645. The van der Waals surface area contributed by atoms with E-state index in [4.69, 9.17) is 4.74 Å². The SMILES string of the molecule is COc1ccc(C)c2c1SCCC2=O. The molecule has 2 nitrogen and oxygen atoms in total. The van der Waals surface area contributed by atoms with Crippen molar-refractivity contribution >= 4 is 17.5 Å². The number of rotatable bonds is 1. The number of carbonyl (C=O) groups excluding carboxylic acids is 1. The Morgan fingerprint density at radius 1 is 1.43 bits per heavy atom. The molecule has 0 unspecified atom stereocenters. The van der Waals surface area contributed by atoms with Gasteiger partial charge in [-0.25, -0.2) is 0 Å². The van der Waals surface area contributed by atoms with Crippen LogP contribution in [0.25, 0.3) is 0 Å². The molecular formula is C11H12O2S. The fraction of sp³-hybridized carbons (Fsp3) is 0.364. The normalized spacial score (nSPS) is 15.1. The average molecular weight is 208 g/mol. The van der Waals surface area contributed by atoms with Gasteiger partial charge in [-0.05, 0) is 18.6 Å². The van der Waals surface area contributed by atoms with E-state index in [1.165, 1.54) is 0 Å². The van der Waals surface area contributed by atoms with Crippen molar-refractivity contribution in [1.29, 1.82) is 0 Å². The standard InChI is InChI=1S/C11H12O2S/c1-7-3-4-9(13-2)11-10(7)8(12)5-6-14-11/h3-4H,5-6H2,1-2H3. The number of hydrogen-bond acceptors (Lipinski definition) is 3. The van der Waals surface area contributed by atoms with Crippen molar-refractivity contribution < 1.29 is 9.53 Å². The predicted molar refractivity (Wildman–Crippen MR) is 57.4 cm³/mol. The molecule has 0 aliphatic carbocycles. The first-order valence-electron chi connectivity index (χ1n) is 4.57. The van der Waals surface area contributed by atoms with Crippen LogP contribution < -0.4 is 4.74 Å². The van der Waals surface area contributed by atoms with Crippen LogP contribution in [0, 0.1) is 6.92 Å². The van der Waals surface area contributed by atoms with Gasteiger partial charge in [0.25, 0.3) is 0 Å². The van der Waals surface area contributed by atoms with Gasteiger partial charge in [0.2, 0.25) is 0 Å². The van der Waals surface area contributed by atoms with Gasteiger partial charge < -0.3 is 4.74 Å². The molecule has 1 aromatic carbocycles. The van der Waals surface area contributed by atoms with E-state index in [-0.39, 0.29) is 5.78 Å². The lowest BCUT2D eigenvalue weighted by atomic mass is 10.0. The molecule has 1 aliphatic rings. The Balaban J connectivity index is 2.63. The summed E-state index contributed by atoms with van der Waals surface area (Å²) in [4.78, 5) is 12.7. The highest BCUT2D eigenvalue weighted by Crippen LogP contribution is 2.38. The first-order valence-corrected chi connectivity index (χ1v) is 5.56. The van der Waals surface area contributed by atoms with Gasteiger partial charge in [0.1, 0.15) is 5.75 Å². The third-order valence-corrected chi connectivity index (χ3v) is 3.51. The van der Waals surface area contributed by atoms with E-state index in [0.29, 0.717) is 6.42 Å². The molecule has 0 atom stereocenters. The van der Waals surface area contributed by atoms with Gasteiger partial charge in [-0.3, -0.25) is 4.79 Å². The van der Waals surface area contributed by atoms with Crippen molar-refractivity contribution in [3.05, 3.63) is 23.3 Å². The second-order valence-electron chi connectivity index (χ2n) is 3.31. The number of benzene rings is 1. The number of hydrogen-bond donors (Lipinski definition) is 0.